The Bertz CT molecular complexity index is 923. The third-order valence-electron chi connectivity index (χ3n) is 5.83. The number of aromatic amines is 1. The topological polar surface area (TPSA) is 28.3 Å². The number of nitrogens with one attached hydrogen (secondary N) is 1. The quantitative estimate of drug-likeness (QED) is 0.627. The molecule has 1 unspecified atom stereocenters. The molecule has 1 aromatic heterocycles. The first kappa shape index (κ1) is 18.9. The van der Waals surface area contributed by atoms with Crippen LogP contribution in [0.15, 0.2) is 54.7 Å². The van der Waals surface area contributed by atoms with Crippen LogP contribution in [0.25, 0.3) is 10.9 Å². The van der Waals surface area contributed by atoms with E-state index in [1.807, 2.05) is 54.7 Å². The summed E-state index contributed by atoms with van der Waals surface area (Å²) in [6, 6.07) is 15.8. The van der Waals surface area contributed by atoms with Gasteiger partial charge in [-0.2, -0.15) is 0 Å². The number of nitrogens with zero attached hydrogens (tertiary/aromatic N) is 1. The van der Waals surface area contributed by atoms with Crippen LogP contribution in [-0.2, 0) is 13.0 Å². The van der Waals surface area contributed by atoms with Crippen LogP contribution < -0.4 is 4.74 Å². The van der Waals surface area contributed by atoms with E-state index in [1.165, 1.54) is 0 Å². The minimum absolute atomic E-state index is 0.0713. The zero-order valence-electron chi connectivity index (χ0n) is 16.1. The van der Waals surface area contributed by atoms with E-state index in [9.17, 15) is 8.78 Å². The van der Waals surface area contributed by atoms with E-state index in [0.29, 0.717) is 32.5 Å². The van der Waals surface area contributed by atoms with Gasteiger partial charge in [0, 0.05) is 49.1 Å². The Morgan fingerprint density at radius 1 is 1.18 bits per heavy atom. The van der Waals surface area contributed by atoms with Gasteiger partial charge in [-0.05, 0) is 42.2 Å². The molecule has 1 N–H and O–H groups in total. The van der Waals surface area contributed by atoms with Gasteiger partial charge in [-0.1, -0.05) is 30.3 Å². The van der Waals surface area contributed by atoms with Crippen LogP contribution in [0.1, 0.15) is 24.0 Å². The van der Waals surface area contributed by atoms with Crippen LogP contribution in [0, 0.1) is 5.92 Å². The Kier molecular flexibility index (Phi) is 5.36. The van der Waals surface area contributed by atoms with Gasteiger partial charge in [0.2, 0.25) is 0 Å². The maximum absolute atomic E-state index is 14.5. The monoisotopic (exact) mass is 384 g/mol. The minimum Gasteiger partial charge on any atom is -0.497 e. The molecule has 1 atom stereocenters. The number of ether oxygens (including phenoxy) is 1. The first-order valence-electron chi connectivity index (χ1n) is 9.83. The predicted octanol–water partition coefficient (Wildman–Crippen LogP) is 5.27. The maximum atomic E-state index is 14.5. The fourth-order valence-corrected chi connectivity index (χ4v) is 4.14. The summed E-state index contributed by atoms with van der Waals surface area (Å²) < 4.78 is 34.4. The fourth-order valence-electron chi connectivity index (χ4n) is 4.14. The summed E-state index contributed by atoms with van der Waals surface area (Å²) in [5.41, 5.74) is 3.29. The Morgan fingerprint density at radius 2 is 2.00 bits per heavy atom. The number of aryl methyl sites for hydroxylation is 1. The average molecular weight is 384 g/mol. The molecule has 0 bridgehead atoms. The molecular weight excluding hydrogens is 358 g/mol. The maximum Gasteiger partial charge on any atom is 0.253 e. The summed E-state index contributed by atoms with van der Waals surface area (Å²) >= 11 is 0. The first-order valence-corrected chi connectivity index (χ1v) is 9.83. The molecule has 0 aliphatic carbocycles. The standard InChI is InChI=1S/C23H26F2N2O/c1-28-20-9-10-22-21(13-20)18(14-26-22)15-27-12-11-23(24,25)19(16-27)8-7-17-5-3-2-4-6-17/h2-6,9-10,13-14,19,26H,7-8,11-12,15-16H2,1H3. The number of piperidine rings is 1. The van der Waals surface area contributed by atoms with Crippen LogP contribution in [0.3, 0.4) is 0 Å². The van der Waals surface area contributed by atoms with Crippen molar-refractivity contribution in [3.8, 4) is 5.75 Å². The summed E-state index contributed by atoms with van der Waals surface area (Å²) in [5, 5.41) is 1.09. The number of alkyl halides is 2. The van der Waals surface area contributed by atoms with Gasteiger partial charge < -0.3 is 9.72 Å². The number of fused-ring (bicyclic) bond motifs is 1. The summed E-state index contributed by atoms with van der Waals surface area (Å²) in [6.45, 7) is 1.52. The molecule has 148 valence electrons. The highest BCUT2D eigenvalue weighted by molar-refractivity contribution is 5.84. The molecule has 1 aliphatic heterocycles. The minimum atomic E-state index is -2.59. The van der Waals surface area contributed by atoms with Crippen molar-refractivity contribution < 1.29 is 13.5 Å². The molecule has 3 aromatic rings. The van der Waals surface area contributed by atoms with E-state index in [0.717, 1.165) is 27.8 Å². The van der Waals surface area contributed by atoms with E-state index >= 15 is 0 Å². The molecule has 0 amide bonds. The lowest BCUT2D eigenvalue weighted by atomic mass is 9.88. The Balaban J connectivity index is 1.45. The molecule has 1 aliphatic rings. The molecular formula is C23H26F2N2O. The number of H-pyrrole nitrogens is 1. The third-order valence-corrected chi connectivity index (χ3v) is 5.83. The third kappa shape index (κ3) is 4.04. The van der Waals surface area contributed by atoms with Crippen molar-refractivity contribution in [1.29, 1.82) is 0 Å². The van der Waals surface area contributed by atoms with Gasteiger partial charge in [-0.25, -0.2) is 8.78 Å². The van der Waals surface area contributed by atoms with Crippen LogP contribution in [0.5, 0.6) is 5.75 Å². The highest BCUT2D eigenvalue weighted by Crippen LogP contribution is 2.37. The molecule has 0 spiro atoms. The van der Waals surface area contributed by atoms with Crippen molar-refractivity contribution >= 4 is 10.9 Å². The summed E-state index contributed by atoms with van der Waals surface area (Å²) in [4.78, 5) is 5.43. The van der Waals surface area contributed by atoms with Crippen LogP contribution in [0.4, 0.5) is 8.78 Å². The number of benzene rings is 2. The predicted molar refractivity (Wildman–Crippen MR) is 108 cm³/mol. The van der Waals surface area contributed by atoms with Crippen molar-refractivity contribution in [3.63, 3.8) is 0 Å². The largest absolute Gasteiger partial charge is 0.497 e. The molecule has 5 heteroatoms. The summed E-state index contributed by atoms with van der Waals surface area (Å²) in [6.07, 6.45) is 3.11. The molecule has 4 rings (SSSR count). The number of halogens is 2. The fraction of sp³-hybridized carbons (Fsp3) is 0.391. The number of hydrogen-bond donors (Lipinski definition) is 1. The molecule has 3 nitrogen and oxygen atoms in total. The lowest BCUT2D eigenvalue weighted by molar-refractivity contribution is -0.109. The average Bonchev–Trinajstić information content (AvgIpc) is 3.11. The highest BCUT2D eigenvalue weighted by Gasteiger charge is 2.43. The van der Waals surface area contributed by atoms with Gasteiger partial charge >= 0.3 is 0 Å². The van der Waals surface area contributed by atoms with Crippen molar-refractivity contribution in [3.05, 3.63) is 65.9 Å². The van der Waals surface area contributed by atoms with Gasteiger partial charge in [0.1, 0.15) is 5.75 Å². The van der Waals surface area contributed by atoms with Gasteiger partial charge in [0.15, 0.2) is 0 Å². The molecule has 2 aromatic carbocycles. The SMILES string of the molecule is COc1ccc2[nH]cc(CN3CCC(F)(F)C(CCc4ccccc4)C3)c2c1. The van der Waals surface area contributed by atoms with Crippen molar-refractivity contribution in [1.82, 2.24) is 9.88 Å². The van der Waals surface area contributed by atoms with Crippen LogP contribution in [0.2, 0.25) is 0 Å². The van der Waals surface area contributed by atoms with Gasteiger partial charge in [0.25, 0.3) is 5.92 Å². The van der Waals surface area contributed by atoms with Crippen LogP contribution in [-0.4, -0.2) is 36.0 Å². The Hall–Kier alpha value is -2.40. The van der Waals surface area contributed by atoms with E-state index in [4.69, 9.17) is 4.74 Å². The molecule has 1 saturated heterocycles. The van der Waals surface area contributed by atoms with Crippen molar-refractivity contribution in [2.45, 2.75) is 31.7 Å². The zero-order valence-corrected chi connectivity index (χ0v) is 16.1. The van der Waals surface area contributed by atoms with Crippen LogP contribution >= 0.6 is 0 Å². The lowest BCUT2D eigenvalue weighted by Gasteiger charge is -2.38. The highest BCUT2D eigenvalue weighted by atomic mass is 19.3. The lowest BCUT2D eigenvalue weighted by Crippen LogP contribution is -2.46. The molecule has 1 fully saturated rings. The normalized spacial score (nSPS) is 19.8. The van der Waals surface area contributed by atoms with E-state index in [1.54, 1.807) is 7.11 Å². The van der Waals surface area contributed by atoms with E-state index in [2.05, 4.69) is 9.88 Å². The number of hydrogen-bond acceptors (Lipinski definition) is 2. The van der Waals surface area contributed by atoms with Gasteiger partial charge in [-0.3, -0.25) is 4.90 Å². The van der Waals surface area contributed by atoms with E-state index < -0.39 is 11.8 Å². The van der Waals surface area contributed by atoms with E-state index in [-0.39, 0.29) is 6.42 Å². The van der Waals surface area contributed by atoms with Gasteiger partial charge in [-0.15, -0.1) is 0 Å². The number of aromatic nitrogens is 1. The molecule has 0 saturated carbocycles. The summed E-state index contributed by atoms with van der Waals surface area (Å²) in [7, 11) is 1.65. The zero-order chi connectivity index (χ0) is 19.6. The number of methoxy groups -OCH3 is 1. The number of rotatable bonds is 6. The molecule has 2 heterocycles. The second-order valence-corrected chi connectivity index (χ2v) is 7.69. The Morgan fingerprint density at radius 3 is 2.79 bits per heavy atom. The second-order valence-electron chi connectivity index (χ2n) is 7.69. The molecule has 28 heavy (non-hydrogen) atoms. The van der Waals surface area contributed by atoms with Crippen molar-refractivity contribution in [2.75, 3.05) is 20.2 Å². The first-order chi connectivity index (χ1) is 13.5. The van der Waals surface area contributed by atoms with Crippen molar-refractivity contribution in [2.24, 2.45) is 5.92 Å². The Labute approximate surface area is 164 Å². The number of likely N-dealkylation sites (tertiary alicyclic amines) is 1. The second kappa shape index (κ2) is 7.92. The van der Waals surface area contributed by atoms with Gasteiger partial charge in [0.05, 0.1) is 7.11 Å². The molecule has 0 radical (unpaired) electrons. The smallest absolute Gasteiger partial charge is 0.253 e. The summed E-state index contributed by atoms with van der Waals surface area (Å²) in [5.74, 6) is -2.39.